The average molecular weight is 836 g/mol. The number of nitrogens with two attached hydrogens (primary N) is 1. The minimum atomic E-state index is -4.40. The molecule has 1 aliphatic rings. The number of phosphoric ester groups is 1. The van der Waals surface area contributed by atoms with Crippen molar-refractivity contribution >= 4 is 19.8 Å². The summed E-state index contributed by atoms with van der Waals surface area (Å²) in [6.45, 7) is 3.59. The molecule has 334 valence electrons. The summed E-state index contributed by atoms with van der Waals surface area (Å²) in [5.41, 5.74) is 5.35. The van der Waals surface area contributed by atoms with Gasteiger partial charge in [0.1, 0.15) is 6.61 Å². The van der Waals surface area contributed by atoms with Gasteiger partial charge in [-0.2, -0.15) is 0 Å². The van der Waals surface area contributed by atoms with Crippen LogP contribution in [0.1, 0.15) is 181 Å². The predicted molar refractivity (Wildman–Crippen MR) is 237 cm³/mol. The van der Waals surface area contributed by atoms with E-state index in [0.717, 1.165) is 64.2 Å². The largest absolute Gasteiger partial charge is 0.472 e. The summed E-state index contributed by atoms with van der Waals surface area (Å²) >= 11 is 0. The molecule has 0 aliphatic carbocycles. The van der Waals surface area contributed by atoms with E-state index in [1.807, 2.05) is 0 Å². The van der Waals surface area contributed by atoms with Crippen molar-refractivity contribution < 1.29 is 42.3 Å². The molecule has 0 amide bonds. The lowest BCUT2D eigenvalue weighted by molar-refractivity contribution is -0.161. The molecule has 58 heavy (non-hydrogen) atoms. The van der Waals surface area contributed by atoms with E-state index in [0.29, 0.717) is 12.8 Å². The zero-order chi connectivity index (χ0) is 42.2. The van der Waals surface area contributed by atoms with Gasteiger partial charge in [-0.1, -0.05) is 145 Å². The summed E-state index contributed by atoms with van der Waals surface area (Å²) in [6.07, 6.45) is 48.5. The molecule has 1 heterocycles. The van der Waals surface area contributed by atoms with Crippen molar-refractivity contribution in [2.45, 2.75) is 199 Å². The maximum absolute atomic E-state index is 12.6. The monoisotopic (exact) mass is 836 g/mol. The van der Waals surface area contributed by atoms with Crippen molar-refractivity contribution in [3.8, 4) is 0 Å². The third-order valence-electron chi connectivity index (χ3n) is 9.78. The Morgan fingerprint density at radius 1 is 0.603 bits per heavy atom. The van der Waals surface area contributed by atoms with Crippen LogP contribution in [0.3, 0.4) is 0 Å². The first-order valence-electron chi connectivity index (χ1n) is 22.9. The fourth-order valence-corrected chi connectivity index (χ4v) is 6.99. The van der Waals surface area contributed by atoms with Crippen LogP contribution in [0.5, 0.6) is 0 Å². The number of ether oxygens (including phenoxy) is 3. The molecule has 3 unspecified atom stereocenters. The van der Waals surface area contributed by atoms with Gasteiger partial charge in [0.15, 0.2) is 6.10 Å². The molecular weight excluding hydrogens is 753 g/mol. The predicted octanol–water partition coefficient (Wildman–Crippen LogP) is 12.3. The van der Waals surface area contributed by atoms with E-state index in [-0.39, 0.29) is 44.8 Å². The second kappa shape index (κ2) is 38.8. The van der Waals surface area contributed by atoms with Crippen LogP contribution in [-0.2, 0) is 37.4 Å². The number of carbonyl (C=O) groups excluding carboxylic acids is 2. The summed E-state index contributed by atoms with van der Waals surface area (Å²) < 4.78 is 38.6. The van der Waals surface area contributed by atoms with E-state index >= 15 is 0 Å². The Morgan fingerprint density at radius 3 is 1.64 bits per heavy atom. The molecule has 0 aromatic heterocycles. The van der Waals surface area contributed by atoms with E-state index in [1.165, 1.54) is 77.0 Å². The van der Waals surface area contributed by atoms with Crippen LogP contribution in [0.15, 0.2) is 60.8 Å². The second-order valence-corrected chi connectivity index (χ2v) is 16.8. The van der Waals surface area contributed by atoms with Crippen molar-refractivity contribution in [2.75, 3.05) is 26.4 Å². The third kappa shape index (κ3) is 35.6. The van der Waals surface area contributed by atoms with E-state index in [4.69, 9.17) is 29.0 Å². The van der Waals surface area contributed by atoms with Gasteiger partial charge in [0.25, 0.3) is 0 Å². The number of esters is 2. The normalized spacial score (nSPS) is 17.3. The molecular formula is C47H82NO9P. The van der Waals surface area contributed by atoms with Crippen LogP contribution < -0.4 is 5.73 Å². The Labute approximate surface area is 353 Å². The van der Waals surface area contributed by atoms with Gasteiger partial charge in [0.05, 0.1) is 25.4 Å². The first-order chi connectivity index (χ1) is 28.3. The number of carbonyl (C=O) groups is 2. The summed E-state index contributed by atoms with van der Waals surface area (Å²) in [7, 11) is -4.40. The van der Waals surface area contributed by atoms with Crippen molar-refractivity contribution in [1.82, 2.24) is 0 Å². The molecule has 0 spiro atoms. The molecule has 1 saturated heterocycles. The molecule has 0 aromatic rings. The highest BCUT2D eigenvalue weighted by molar-refractivity contribution is 7.47. The maximum Gasteiger partial charge on any atom is 0.472 e. The molecule has 1 rings (SSSR count). The van der Waals surface area contributed by atoms with Gasteiger partial charge in [-0.3, -0.25) is 18.6 Å². The zero-order valence-electron chi connectivity index (χ0n) is 36.5. The van der Waals surface area contributed by atoms with Gasteiger partial charge >= 0.3 is 19.8 Å². The molecule has 3 N–H and O–H groups in total. The number of allylic oxidation sites excluding steroid dienone is 8. The molecule has 1 fully saturated rings. The Hall–Kier alpha value is -2.33. The molecule has 0 saturated carbocycles. The summed E-state index contributed by atoms with van der Waals surface area (Å²) in [6, 6.07) is 0. The summed E-state index contributed by atoms with van der Waals surface area (Å²) in [5.74, 6) is -0.909. The lowest BCUT2D eigenvalue weighted by Crippen LogP contribution is -2.29. The van der Waals surface area contributed by atoms with Gasteiger partial charge in [0, 0.05) is 19.4 Å². The number of hydrogen-bond donors (Lipinski definition) is 2. The minimum absolute atomic E-state index is 0.0404. The highest BCUT2D eigenvalue weighted by Crippen LogP contribution is 2.43. The molecule has 1 aliphatic heterocycles. The number of epoxide rings is 1. The number of phosphoric acid groups is 1. The summed E-state index contributed by atoms with van der Waals surface area (Å²) in [5, 5.41) is 0. The first kappa shape index (κ1) is 53.7. The number of hydrogen-bond acceptors (Lipinski definition) is 9. The Balaban J connectivity index is 2.21. The van der Waals surface area contributed by atoms with Gasteiger partial charge in [-0.25, -0.2) is 4.57 Å². The standard InChI is InChI=1S/C47H82NO9P/c1-3-5-7-9-11-13-14-15-16-17-18-19-20-21-22-24-26-28-34-38-47(50)56-43(42-55-58(51,52)54-40-39-48)41-53-46(49)37-33-30-29-32-36-45-44(57-45)35-31-27-25-23-12-10-8-6-4-2/h11-13,15-16,23,27,29,31-32,43-45H,3-10,14,17-22,24-26,28,30,33-42,48H2,1-2H3,(H,51,52)/b13-11-,16-15-,23-12-,31-27-,32-29-/t43-,44?,45?/m1/s1. The van der Waals surface area contributed by atoms with Gasteiger partial charge in [-0.15, -0.1) is 0 Å². The molecule has 0 radical (unpaired) electrons. The van der Waals surface area contributed by atoms with E-state index < -0.39 is 32.5 Å². The smallest absolute Gasteiger partial charge is 0.462 e. The minimum Gasteiger partial charge on any atom is -0.462 e. The van der Waals surface area contributed by atoms with Crippen LogP contribution in [0.4, 0.5) is 0 Å². The van der Waals surface area contributed by atoms with Gasteiger partial charge in [0.2, 0.25) is 0 Å². The van der Waals surface area contributed by atoms with Crippen LogP contribution in [0, 0.1) is 0 Å². The topological polar surface area (TPSA) is 147 Å². The van der Waals surface area contributed by atoms with Crippen molar-refractivity contribution in [1.29, 1.82) is 0 Å². The molecule has 0 bridgehead atoms. The number of unbranched alkanes of at least 4 members (excludes halogenated alkanes) is 16. The zero-order valence-corrected chi connectivity index (χ0v) is 37.4. The van der Waals surface area contributed by atoms with Gasteiger partial charge < -0.3 is 24.8 Å². The highest BCUT2D eigenvalue weighted by Gasteiger charge is 2.36. The lowest BCUT2D eigenvalue weighted by Gasteiger charge is -2.19. The lowest BCUT2D eigenvalue weighted by atomic mass is 10.1. The second-order valence-electron chi connectivity index (χ2n) is 15.3. The van der Waals surface area contributed by atoms with Crippen LogP contribution in [0.25, 0.3) is 0 Å². The molecule has 0 aromatic carbocycles. The quantitative estimate of drug-likeness (QED) is 0.0200. The Bertz CT molecular complexity index is 1200. The Morgan fingerprint density at radius 2 is 1.07 bits per heavy atom. The maximum atomic E-state index is 12.6. The van der Waals surface area contributed by atoms with Crippen molar-refractivity contribution in [2.24, 2.45) is 5.73 Å². The van der Waals surface area contributed by atoms with Crippen molar-refractivity contribution in [3.63, 3.8) is 0 Å². The van der Waals surface area contributed by atoms with E-state index in [1.54, 1.807) is 0 Å². The van der Waals surface area contributed by atoms with Crippen LogP contribution in [-0.4, -0.2) is 61.5 Å². The van der Waals surface area contributed by atoms with Crippen LogP contribution in [0.2, 0.25) is 0 Å². The van der Waals surface area contributed by atoms with Crippen LogP contribution >= 0.6 is 7.82 Å². The van der Waals surface area contributed by atoms with Gasteiger partial charge in [-0.05, 0) is 83.5 Å². The SMILES string of the molecule is CCCCC/C=C\C/C=C\CCCCCCCCCCCC(=O)O[C@H](COC(=O)CCC/C=C\CC1OC1C/C=C\C/C=C\CCCCC)COP(=O)(O)OCCN. The Kier molecular flexibility index (Phi) is 36.0. The fraction of sp³-hybridized carbons (Fsp3) is 0.745. The molecule has 4 atom stereocenters. The third-order valence-corrected chi connectivity index (χ3v) is 10.8. The van der Waals surface area contributed by atoms with Crippen molar-refractivity contribution in [3.05, 3.63) is 60.8 Å². The molecule has 10 nitrogen and oxygen atoms in total. The average Bonchev–Trinajstić information content (AvgIpc) is 3.97. The molecule has 11 heteroatoms. The van der Waals surface area contributed by atoms with E-state index in [9.17, 15) is 19.0 Å². The highest BCUT2D eigenvalue weighted by atomic mass is 31.2. The first-order valence-corrected chi connectivity index (χ1v) is 24.4. The van der Waals surface area contributed by atoms with E-state index in [2.05, 4.69) is 74.6 Å². The summed E-state index contributed by atoms with van der Waals surface area (Å²) in [4.78, 5) is 35.0. The number of rotatable bonds is 41. The fourth-order valence-electron chi connectivity index (χ4n) is 6.23.